The number of halogens is 2. The van der Waals surface area contributed by atoms with Crippen molar-refractivity contribution in [2.75, 3.05) is 13.7 Å². The number of ether oxygens (including phenoxy) is 2. The Morgan fingerprint density at radius 2 is 2.03 bits per heavy atom. The number of aromatic nitrogens is 2. The number of carbonyl (C=O) groups is 1. The molecule has 34 heavy (non-hydrogen) atoms. The fourth-order valence-corrected chi connectivity index (χ4v) is 3.86. The van der Waals surface area contributed by atoms with Gasteiger partial charge in [0.15, 0.2) is 6.61 Å². The van der Waals surface area contributed by atoms with Gasteiger partial charge in [-0.3, -0.25) is 4.79 Å². The highest BCUT2D eigenvalue weighted by Crippen LogP contribution is 2.30. The molecule has 0 fully saturated rings. The van der Waals surface area contributed by atoms with Gasteiger partial charge in [0.1, 0.15) is 17.4 Å². The molecule has 176 valence electrons. The standard InChI is InChI=1S/C24H23BrFN5O3/c1-14-9-17(16(3)31(14)19-7-5-18(26)6-8-19)11-28-30-22(32)13-34-24-20(10-27)21(12-33-4)23(25)15(2)29-24/h5-9,11H,12-13H2,1-4H3,(H,30,32)/b28-11+. The summed E-state index contributed by atoms with van der Waals surface area (Å²) in [5.74, 6) is -0.761. The van der Waals surface area contributed by atoms with E-state index in [0.717, 1.165) is 22.6 Å². The Morgan fingerprint density at radius 1 is 1.32 bits per heavy atom. The van der Waals surface area contributed by atoms with Crippen LogP contribution < -0.4 is 10.2 Å². The second kappa shape index (κ2) is 11.0. The Bertz CT molecular complexity index is 1280. The molecule has 2 heterocycles. The summed E-state index contributed by atoms with van der Waals surface area (Å²) in [5.41, 5.74) is 7.26. The number of carbonyl (C=O) groups excluding carboxylic acids is 1. The lowest BCUT2D eigenvalue weighted by Crippen LogP contribution is -2.25. The molecule has 1 amide bonds. The molecule has 2 aromatic heterocycles. The lowest BCUT2D eigenvalue weighted by molar-refractivity contribution is -0.123. The molecule has 10 heteroatoms. The van der Waals surface area contributed by atoms with Crippen molar-refractivity contribution < 1.29 is 18.7 Å². The number of aryl methyl sites for hydroxylation is 2. The number of hydrogen-bond acceptors (Lipinski definition) is 6. The third kappa shape index (κ3) is 5.50. The number of benzene rings is 1. The van der Waals surface area contributed by atoms with Crippen LogP contribution in [0.2, 0.25) is 0 Å². The highest BCUT2D eigenvalue weighted by molar-refractivity contribution is 9.10. The number of nitrogens with zero attached hydrogens (tertiary/aromatic N) is 4. The molecule has 0 unspecified atom stereocenters. The van der Waals surface area contributed by atoms with Gasteiger partial charge in [0.2, 0.25) is 5.88 Å². The zero-order chi connectivity index (χ0) is 24.8. The molecule has 0 aliphatic heterocycles. The van der Waals surface area contributed by atoms with Crippen molar-refractivity contribution in [2.45, 2.75) is 27.4 Å². The fourth-order valence-electron chi connectivity index (χ4n) is 3.46. The van der Waals surface area contributed by atoms with Crippen LogP contribution >= 0.6 is 15.9 Å². The molecule has 3 rings (SSSR count). The van der Waals surface area contributed by atoms with Crippen LogP contribution in [0.3, 0.4) is 0 Å². The van der Waals surface area contributed by atoms with Crippen molar-refractivity contribution in [3.63, 3.8) is 0 Å². The summed E-state index contributed by atoms with van der Waals surface area (Å²) in [6.45, 7) is 5.41. The number of amides is 1. The van der Waals surface area contributed by atoms with Gasteiger partial charge >= 0.3 is 0 Å². The molecular formula is C24H23BrFN5O3. The smallest absolute Gasteiger partial charge is 0.278 e. The number of hydrogen-bond donors (Lipinski definition) is 1. The van der Waals surface area contributed by atoms with Crippen molar-refractivity contribution in [3.8, 4) is 17.6 Å². The highest BCUT2D eigenvalue weighted by Gasteiger charge is 2.18. The van der Waals surface area contributed by atoms with Crippen LogP contribution in [0.1, 0.15) is 33.8 Å². The normalized spacial score (nSPS) is 11.0. The summed E-state index contributed by atoms with van der Waals surface area (Å²) in [6.07, 6.45) is 1.53. The Morgan fingerprint density at radius 3 is 2.68 bits per heavy atom. The van der Waals surface area contributed by atoms with Gasteiger partial charge in [-0.1, -0.05) is 0 Å². The predicted molar refractivity (Wildman–Crippen MR) is 129 cm³/mol. The average molecular weight is 528 g/mol. The van der Waals surface area contributed by atoms with Crippen molar-refractivity contribution in [1.82, 2.24) is 15.0 Å². The highest BCUT2D eigenvalue weighted by atomic mass is 79.9. The summed E-state index contributed by atoms with van der Waals surface area (Å²) in [5, 5.41) is 13.5. The Labute approximate surface area is 205 Å². The SMILES string of the molecule is COCc1c(Br)c(C)nc(OCC(=O)N/N=C/c2cc(C)n(-c3ccc(F)cc3)c2C)c1C#N. The number of hydrazone groups is 1. The second-order valence-electron chi connectivity index (χ2n) is 7.43. The maximum Gasteiger partial charge on any atom is 0.278 e. The minimum Gasteiger partial charge on any atom is -0.467 e. The average Bonchev–Trinajstić information content (AvgIpc) is 3.09. The van der Waals surface area contributed by atoms with Crippen LogP contribution in [0.15, 0.2) is 39.9 Å². The van der Waals surface area contributed by atoms with E-state index in [1.807, 2.05) is 24.5 Å². The predicted octanol–water partition coefficient (Wildman–Crippen LogP) is 4.25. The zero-order valence-electron chi connectivity index (χ0n) is 19.1. The van der Waals surface area contributed by atoms with E-state index in [1.54, 1.807) is 19.1 Å². The van der Waals surface area contributed by atoms with E-state index in [-0.39, 0.29) is 30.5 Å². The number of pyridine rings is 1. The third-order valence-electron chi connectivity index (χ3n) is 5.06. The quantitative estimate of drug-likeness (QED) is 0.348. The molecule has 0 aliphatic carbocycles. The summed E-state index contributed by atoms with van der Waals surface area (Å²) < 4.78 is 26.5. The minimum absolute atomic E-state index is 0.0530. The minimum atomic E-state index is -0.511. The molecule has 0 saturated carbocycles. The first-order valence-electron chi connectivity index (χ1n) is 10.2. The first-order chi connectivity index (χ1) is 16.3. The molecule has 1 N–H and O–H groups in total. The van der Waals surface area contributed by atoms with E-state index < -0.39 is 5.91 Å². The summed E-state index contributed by atoms with van der Waals surface area (Å²) in [7, 11) is 1.52. The largest absolute Gasteiger partial charge is 0.467 e. The molecule has 0 spiro atoms. The molecule has 0 radical (unpaired) electrons. The van der Waals surface area contributed by atoms with Gasteiger partial charge in [-0.05, 0) is 67.0 Å². The first-order valence-corrected chi connectivity index (χ1v) is 11.0. The summed E-state index contributed by atoms with van der Waals surface area (Å²) in [4.78, 5) is 16.5. The molecular weight excluding hydrogens is 505 g/mol. The van der Waals surface area contributed by atoms with E-state index in [9.17, 15) is 14.4 Å². The molecule has 1 aromatic carbocycles. The summed E-state index contributed by atoms with van der Waals surface area (Å²) >= 11 is 3.41. The van der Waals surface area contributed by atoms with Crippen LogP contribution in [0, 0.1) is 37.9 Å². The Kier molecular flexibility index (Phi) is 8.15. The molecule has 0 bridgehead atoms. The number of nitrogens with one attached hydrogen (secondary N) is 1. The molecule has 0 saturated heterocycles. The number of methoxy groups -OCH3 is 1. The number of rotatable bonds is 8. The maximum atomic E-state index is 13.2. The first kappa shape index (κ1) is 25.1. The van der Waals surface area contributed by atoms with Crippen molar-refractivity contribution in [3.05, 3.63) is 74.4 Å². The molecule has 8 nitrogen and oxygen atoms in total. The van der Waals surface area contributed by atoms with E-state index in [0.29, 0.717) is 15.7 Å². The van der Waals surface area contributed by atoms with E-state index >= 15 is 0 Å². The molecule has 0 aliphatic rings. The zero-order valence-corrected chi connectivity index (χ0v) is 20.7. The van der Waals surface area contributed by atoms with Gasteiger partial charge in [0.25, 0.3) is 5.91 Å². The Hall–Kier alpha value is -3.55. The molecule has 0 atom stereocenters. The Balaban J connectivity index is 1.68. The fraction of sp³-hybridized carbons (Fsp3) is 0.250. The van der Waals surface area contributed by atoms with Gasteiger partial charge in [0, 0.05) is 39.8 Å². The second-order valence-corrected chi connectivity index (χ2v) is 8.23. The van der Waals surface area contributed by atoms with E-state index in [2.05, 4.69) is 37.5 Å². The van der Waals surface area contributed by atoms with Crippen LogP contribution in [0.25, 0.3) is 5.69 Å². The van der Waals surface area contributed by atoms with Crippen LogP contribution in [0.5, 0.6) is 5.88 Å². The maximum absolute atomic E-state index is 13.2. The number of nitriles is 1. The lowest BCUT2D eigenvalue weighted by Gasteiger charge is -2.13. The van der Waals surface area contributed by atoms with E-state index in [1.165, 1.54) is 25.5 Å². The van der Waals surface area contributed by atoms with Crippen molar-refractivity contribution >= 4 is 28.1 Å². The van der Waals surface area contributed by atoms with Gasteiger partial charge in [-0.2, -0.15) is 10.4 Å². The van der Waals surface area contributed by atoms with E-state index in [4.69, 9.17) is 9.47 Å². The summed E-state index contributed by atoms with van der Waals surface area (Å²) in [6, 6.07) is 10.2. The van der Waals surface area contributed by atoms with Gasteiger partial charge in [-0.15, -0.1) is 0 Å². The molecule has 3 aromatic rings. The van der Waals surface area contributed by atoms with Crippen molar-refractivity contribution in [2.24, 2.45) is 5.10 Å². The monoisotopic (exact) mass is 527 g/mol. The van der Waals surface area contributed by atoms with Gasteiger partial charge < -0.3 is 14.0 Å². The topological polar surface area (TPSA) is 102 Å². The van der Waals surface area contributed by atoms with Gasteiger partial charge in [0.05, 0.1) is 18.5 Å². The van der Waals surface area contributed by atoms with Crippen LogP contribution in [-0.2, 0) is 16.1 Å². The van der Waals surface area contributed by atoms with Crippen LogP contribution in [0.4, 0.5) is 4.39 Å². The third-order valence-corrected chi connectivity index (χ3v) is 6.11. The lowest BCUT2D eigenvalue weighted by atomic mass is 10.1. The van der Waals surface area contributed by atoms with Crippen LogP contribution in [-0.4, -0.2) is 35.4 Å². The van der Waals surface area contributed by atoms with Gasteiger partial charge in [-0.25, -0.2) is 14.8 Å². The van der Waals surface area contributed by atoms with Crippen molar-refractivity contribution in [1.29, 1.82) is 5.26 Å².